The van der Waals surface area contributed by atoms with Gasteiger partial charge in [0, 0.05) is 6.07 Å². The number of thiophene rings is 1. The fourth-order valence-corrected chi connectivity index (χ4v) is 5.08. The molecule has 3 aromatic rings. The van der Waals surface area contributed by atoms with Crippen LogP contribution in [0.25, 0.3) is 6.08 Å². The van der Waals surface area contributed by atoms with Crippen LogP contribution in [0.3, 0.4) is 0 Å². The van der Waals surface area contributed by atoms with Gasteiger partial charge < -0.3 is 9.47 Å². The van der Waals surface area contributed by atoms with Crippen LogP contribution in [-0.2, 0) is 11.0 Å². The third kappa shape index (κ3) is 6.38. The molecule has 2 amide bonds. The van der Waals surface area contributed by atoms with E-state index < -0.39 is 39.9 Å². The van der Waals surface area contributed by atoms with Crippen LogP contribution in [0.4, 0.5) is 18.9 Å². The van der Waals surface area contributed by atoms with Crippen molar-refractivity contribution in [2.45, 2.75) is 13.1 Å². The minimum Gasteiger partial charge on any atom is -0.490 e. The molecule has 1 aromatic heterocycles. The van der Waals surface area contributed by atoms with Crippen LogP contribution in [0.2, 0.25) is 0 Å². The van der Waals surface area contributed by atoms with E-state index in [1.54, 1.807) is 24.4 Å². The van der Waals surface area contributed by atoms with E-state index in [9.17, 15) is 32.9 Å². The molecule has 4 rings (SSSR count). The van der Waals surface area contributed by atoms with Crippen molar-refractivity contribution in [3.05, 3.63) is 84.9 Å². The van der Waals surface area contributed by atoms with Gasteiger partial charge in [0.1, 0.15) is 0 Å². The van der Waals surface area contributed by atoms with Gasteiger partial charge in [-0.2, -0.15) is 18.2 Å². The Morgan fingerprint density at radius 2 is 1.92 bits per heavy atom. The quantitative estimate of drug-likeness (QED) is 0.138. The number of alkyl halides is 3. The highest BCUT2D eigenvalue weighted by molar-refractivity contribution is 8.26. The molecule has 2 heterocycles. The maximum atomic E-state index is 13.0. The molecule has 1 saturated heterocycles. The molecule has 0 atom stereocenters. The number of thioether (sulfide) groups is 1. The molecule has 9 nitrogen and oxygen atoms in total. The molecule has 1 aliphatic heterocycles. The Labute approximate surface area is 232 Å². The van der Waals surface area contributed by atoms with Crippen LogP contribution in [0.15, 0.2) is 58.8 Å². The first-order valence-electron chi connectivity index (χ1n) is 10.9. The zero-order valence-electron chi connectivity index (χ0n) is 19.7. The van der Waals surface area contributed by atoms with Gasteiger partial charge in [-0.25, -0.2) is 0 Å². The SMILES string of the molecule is CCOc1cc(/C=C2/SC(=S)N(NC(=O)c3cccs3)C2=O)ccc1Oc1ccc(C(F)(F)F)cc1[N+](=O)[O-]. The molecular weight excluding hydrogens is 579 g/mol. The fraction of sp³-hybridized carbons (Fsp3) is 0.125. The van der Waals surface area contributed by atoms with Crippen LogP contribution in [0.1, 0.15) is 27.7 Å². The molecule has 2 aromatic carbocycles. The van der Waals surface area contributed by atoms with Gasteiger partial charge in [0.15, 0.2) is 15.8 Å². The fourth-order valence-electron chi connectivity index (χ4n) is 3.29. The number of halogens is 3. The number of nitro benzene ring substituents is 1. The number of benzene rings is 2. The first kappa shape index (κ1) is 28.1. The molecule has 1 fully saturated rings. The summed E-state index contributed by atoms with van der Waals surface area (Å²) in [5.41, 5.74) is 0.885. The maximum Gasteiger partial charge on any atom is 0.416 e. The number of nitrogens with one attached hydrogen (secondary N) is 1. The van der Waals surface area contributed by atoms with Gasteiger partial charge >= 0.3 is 11.9 Å². The van der Waals surface area contributed by atoms with Crippen LogP contribution in [-0.4, -0.2) is 32.7 Å². The summed E-state index contributed by atoms with van der Waals surface area (Å²) < 4.78 is 50.3. The molecular formula is C24H16F3N3O6S3. The van der Waals surface area contributed by atoms with E-state index in [0.717, 1.165) is 22.8 Å². The number of hydrogen-bond acceptors (Lipinski definition) is 9. The summed E-state index contributed by atoms with van der Waals surface area (Å²) in [5, 5.41) is 14.1. The predicted molar refractivity (Wildman–Crippen MR) is 143 cm³/mol. The third-order valence-electron chi connectivity index (χ3n) is 5.02. The molecule has 0 saturated carbocycles. The predicted octanol–water partition coefficient (Wildman–Crippen LogP) is 6.41. The highest BCUT2D eigenvalue weighted by Gasteiger charge is 2.35. The van der Waals surface area contributed by atoms with Crippen molar-refractivity contribution in [2.75, 3.05) is 6.61 Å². The van der Waals surface area contributed by atoms with Crippen LogP contribution >= 0.6 is 35.3 Å². The Bertz CT molecular complexity index is 1490. The Kier molecular flexibility index (Phi) is 8.22. The maximum absolute atomic E-state index is 13.0. The van der Waals surface area contributed by atoms with Gasteiger partial charge in [0.2, 0.25) is 5.75 Å². The van der Waals surface area contributed by atoms with Gasteiger partial charge in [0.05, 0.1) is 26.9 Å². The molecule has 0 radical (unpaired) electrons. The lowest BCUT2D eigenvalue weighted by Crippen LogP contribution is -2.44. The van der Waals surface area contributed by atoms with Gasteiger partial charge in [-0.3, -0.25) is 25.1 Å². The third-order valence-corrected chi connectivity index (χ3v) is 7.19. The Hall–Kier alpha value is -3.95. The van der Waals surface area contributed by atoms with Gasteiger partial charge in [-0.05, 0) is 66.5 Å². The summed E-state index contributed by atoms with van der Waals surface area (Å²) in [6, 6.07) is 9.64. The van der Waals surface area contributed by atoms with Crippen molar-refractivity contribution in [3.8, 4) is 17.2 Å². The van der Waals surface area contributed by atoms with Crippen LogP contribution in [0, 0.1) is 10.1 Å². The number of ether oxygens (including phenoxy) is 2. The summed E-state index contributed by atoms with van der Waals surface area (Å²) >= 11 is 7.40. The Morgan fingerprint density at radius 1 is 1.18 bits per heavy atom. The van der Waals surface area contributed by atoms with E-state index >= 15 is 0 Å². The van der Waals surface area contributed by atoms with E-state index in [1.165, 1.54) is 35.6 Å². The minimum atomic E-state index is -4.77. The van der Waals surface area contributed by atoms with Crippen molar-refractivity contribution >= 4 is 63.2 Å². The molecule has 202 valence electrons. The lowest BCUT2D eigenvalue weighted by Gasteiger charge is -2.15. The van der Waals surface area contributed by atoms with Crippen molar-refractivity contribution in [1.82, 2.24) is 10.4 Å². The van der Waals surface area contributed by atoms with Crippen LogP contribution < -0.4 is 14.9 Å². The second-order valence-corrected chi connectivity index (χ2v) is 10.2. The average Bonchev–Trinajstić information content (AvgIpc) is 3.50. The average molecular weight is 596 g/mol. The largest absolute Gasteiger partial charge is 0.490 e. The minimum absolute atomic E-state index is 0.00705. The van der Waals surface area contributed by atoms with Gasteiger partial charge in [-0.1, -0.05) is 23.9 Å². The summed E-state index contributed by atoms with van der Waals surface area (Å²) in [6.45, 7) is 1.85. The zero-order valence-corrected chi connectivity index (χ0v) is 22.1. The number of thiocarbonyl (C=S) groups is 1. The monoisotopic (exact) mass is 595 g/mol. The summed E-state index contributed by atoms with van der Waals surface area (Å²) in [5.74, 6) is -1.31. The molecule has 0 bridgehead atoms. The first-order chi connectivity index (χ1) is 18.5. The number of amides is 2. The van der Waals surface area contributed by atoms with E-state index in [1.807, 2.05) is 0 Å². The smallest absolute Gasteiger partial charge is 0.416 e. The molecule has 1 aliphatic rings. The Morgan fingerprint density at radius 3 is 2.56 bits per heavy atom. The number of carbonyl (C=O) groups excluding carboxylic acids is 2. The van der Waals surface area contributed by atoms with Crippen molar-refractivity contribution in [1.29, 1.82) is 0 Å². The van der Waals surface area contributed by atoms with Gasteiger partial charge in [0.25, 0.3) is 11.8 Å². The zero-order chi connectivity index (χ0) is 28.3. The molecule has 0 unspecified atom stereocenters. The molecule has 1 N–H and O–H groups in total. The number of nitro groups is 1. The van der Waals surface area contributed by atoms with Gasteiger partial charge in [-0.15, -0.1) is 11.3 Å². The number of nitrogens with zero attached hydrogens (tertiary/aromatic N) is 2. The molecule has 15 heteroatoms. The first-order valence-corrected chi connectivity index (χ1v) is 13.0. The second-order valence-electron chi connectivity index (χ2n) is 7.61. The van der Waals surface area contributed by atoms with Crippen molar-refractivity contribution in [3.63, 3.8) is 0 Å². The van der Waals surface area contributed by atoms with Crippen LogP contribution in [0.5, 0.6) is 17.2 Å². The van der Waals surface area contributed by atoms with E-state index in [-0.39, 0.29) is 27.3 Å². The standard InChI is InChI=1S/C24H16F3N3O6S3/c1-2-35-18-10-13(11-20-22(32)29(23(37)39-20)28-21(31)19-4-3-9-38-19)5-7-17(18)36-16-8-6-14(24(25,26)27)12-15(16)30(33)34/h3-12H,2H2,1H3,(H,28,31)/b20-11+. The normalized spacial score (nSPS) is 14.6. The van der Waals surface area contributed by atoms with Crippen molar-refractivity contribution in [2.24, 2.45) is 0 Å². The van der Waals surface area contributed by atoms with Crippen molar-refractivity contribution < 1.29 is 37.2 Å². The van der Waals surface area contributed by atoms with E-state index in [4.69, 9.17) is 21.7 Å². The highest BCUT2D eigenvalue weighted by Crippen LogP contribution is 2.41. The molecule has 39 heavy (non-hydrogen) atoms. The second kappa shape index (κ2) is 11.4. The highest BCUT2D eigenvalue weighted by atomic mass is 32.2. The van der Waals surface area contributed by atoms with E-state index in [2.05, 4.69) is 5.43 Å². The molecule has 0 spiro atoms. The number of hydrazine groups is 1. The number of carbonyl (C=O) groups is 2. The summed E-state index contributed by atoms with van der Waals surface area (Å²) in [7, 11) is 0. The number of hydrogen-bond donors (Lipinski definition) is 1. The molecule has 0 aliphatic carbocycles. The summed E-state index contributed by atoms with van der Waals surface area (Å²) in [6.07, 6.45) is -3.27. The number of rotatable bonds is 8. The lowest BCUT2D eigenvalue weighted by molar-refractivity contribution is -0.385. The topological polar surface area (TPSA) is 111 Å². The Balaban J connectivity index is 1.58. The lowest BCUT2D eigenvalue weighted by atomic mass is 10.1. The van der Waals surface area contributed by atoms with E-state index in [0.29, 0.717) is 22.6 Å². The summed E-state index contributed by atoms with van der Waals surface area (Å²) in [4.78, 5) is 36.3.